The number of carbonyl (C=O) groups excluding carboxylic acids is 1. The number of nitrogens with zero attached hydrogens (tertiary/aromatic N) is 2. The topological polar surface area (TPSA) is 34.4 Å². The molecule has 2 bridgehead atoms. The number of rotatable bonds is 2. The van der Waals surface area contributed by atoms with Gasteiger partial charge in [0.25, 0.3) is 0 Å². The number of imidazole rings is 1. The summed E-state index contributed by atoms with van der Waals surface area (Å²) in [5.74, 6) is 0.560. The van der Waals surface area contributed by atoms with Gasteiger partial charge in [0.1, 0.15) is 5.65 Å². The SMILES string of the molecule is O=C(c1ccc2nccn2c1)C1CC2CCCC(C1)S2. The number of thioether (sulfide) groups is 1. The van der Waals surface area contributed by atoms with Crippen LogP contribution in [0.3, 0.4) is 0 Å². The van der Waals surface area contributed by atoms with Gasteiger partial charge in [-0.1, -0.05) is 6.42 Å². The van der Waals surface area contributed by atoms with Crippen LogP contribution < -0.4 is 0 Å². The minimum Gasteiger partial charge on any atom is -0.306 e. The molecule has 104 valence electrons. The van der Waals surface area contributed by atoms with Crippen LogP contribution in [0.1, 0.15) is 42.5 Å². The fourth-order valence-corrected chi connectivity index (χ4v) is 5.41. The van der Waals surface area contributed by atoms with Crippen LogP contribution in [0.15, 0.2) is 30.7 Å². The maximum absolute atomic E-state index is 12.8. The second kappa shape index (κ2) is 4.92. The van der Waals surface area contributed by atoms with E-state index in [1.807, 2.05) is 28.9 Å². The number of hydrogen-bond donors (Lipinski definition) is 0. The van der Waals surface area contributed by atoms with Crippen molar-refractivity contribution in [2.45, 2.75) is 42.6 Å². The third kappa shape index (κ3) is 2.16. The van der Waals surface area contributed by atoms with Gasteiger partial charge in [-0.2, -0.15) is 11.8 Å². The third-order valence-corrected chi connectivity index (χ3v) is 6.20. The fraction of sp³-hybridized carbons (Fsp3) is 0.500. The lowest BCUT2D eigenvalue weighted by Crippen LogP contribution is -2.33. The summed E-state index contributed by atoms with van der Waals surface area (Å²) in [6.45, 7) is 0. The highest BCUT2D eigenvalue weighted by Gasteiger charge is 2.35. The van der Waals surface area contributed by atoms with Crippen LogP contribution in [-0.2, 0) is 0 Å². The summed E-state index contributed by atoms with van der Waals surface area (Å²) in [6.07, 6.45) is 11.7. The van der Waals surface area contributed by atoms with Gasteiger partial charge in [-0.3, -0.25) is 4.79 Å². The Morgan fingerprint density at radius 3 is 2.85 bits per heavy atom. The number of ketones is 1. The lowest BCUT2D eigenvalue weighted by atomic mass is 9.85. The molecule has 4 rings (SSSR count). The minimum atomic E-state index is 0.229. The first-order chi connectivity index (χ1) is 9.79. The van der Waals surface area contributed by atoms with E-state index >= 15 is 0 Å². The largest absolute Gasteiger partial charge is 0.306 e. The van der Waals surface area contributed by atoms with E-state index in [2.05, 4.69) is 16.7 Å². The van der Waals surface area contributed by atoms with Crippen molar-refractivity contribution in [1.29, 1.82) is 0 Å². The van der Waals surface area contributed by atoms with Gasteiger partial charge in [-0.25, -0.2) is 4.98 Å². The van der Waals surface area contributed by atoms with Gasteiger partial charge in [0, 0.05) is 40.6 Å². The molecule has 2 aliphatic heterocycles. The van der Waals surface area contributed by atoms with Gasteiger partial charge in [-0.05, 0) is 37.8 Å². The summed E-state index contributed by atoms with van der Waals surface area (Å²) in [5, 5.41) is 1.43. The van der Waals surface area contributed by atoms with Gasteiger partial charge >= 0.3 is 0 Å². The Kier molecular flexibility index (Phi) is 3.06. The summed E-state index contributed by atoms with van der Waals surface area (Å²) < 4.78 is 1.94. The number of pyridine rings is 1. The Hall–Kier alpha value is -1.29. The van der Waals surface area contributed by atoms with Crippen LogP contribution in [0.4, 0.5) is 0 Å². The maximum atomic E-state index is 12.8. The fourth-order valence-electron chi connectivity index (χ4n) is 3.57. The molecule has 2 aromatic rings. The molecule has 0 N–H and O–H groups in total. The highest BCUT2D eigenvalue weighted by atomic mass is 32.2. The Labute approximate surface area is 122 Å². The van der Waals surface area contributed by atoms with E-state index in [-0.39, 0.29) is 5.92 Å². The van der Waals surface area contributed by atoms with E-state index < -0.39 is 0 Å². The number of carbonyl (C=O) groups is 1. The van der Waals surface area contributed by atoms with Crippen LogP contribution in [0, 0.1) is 5.92 Å². The van der Waals surface area contributed by atoms with Gasteiger partial charge in [0.2, 0.25) is 0 Å². The van der Waals surface area contributed by atoms with Crippen LogP contribution in [-0.4, -0.2) is 25.7 Å². The van der Waals surface area contributed by atoms with Crippen molar-refractivity contribution in [2.75, 3.05) is 0 Å². The molecular weight excluding hydrogens is 268 g/mol. The molecule has 0 amide bonds. The van der Waals surface area contributed by atoms with Crippen LogP contribution >= 0.6 is 11.8 Å². The van der Waals surface area contributed by atoms with Crippen LogP contribution in [0.5, 0.6) is 0 Å². The maximum Gasteiger partial charge on any atom is 0.167 e. The van der Waals surface area contributed by atoms with Crippen molar-refractivity contribution in [3.8, 4) is 0 Å². The summed E-state index contributed by atoms with van der Waals surface area (Å²) in [5.41, 5.74) is 1.74. The Morgan fingerprint density at radius 2 is 2.05 bits per heavy atom. The second-order valence-corrected chi connectivity index (χ2v) is 7.56. The Morgan fingerprint density at radius 1 is 1.25 bits per heavy atom. The molecule has 3 nitrogen and oxygen atoms in total. The highest BCUT2D eigenvalue weighted by molar-refractivity contribution is 8.00. The molecule has 2 fully saturated rings. The zero-order chi connectivity index (χ0) is 13.5. The zero-order valence-electron chi connectivity index (χ0n) is 11.4. The van der Waals surface area contributed by atoms with Crippen molar-refractivity contribution >= 4 is 23.2 Å². The lowest BCUT2D eigenvalue weighted by molar-refractivity contribution is 0.0896. The molecule has 0 spiro atoms. The molecule has 2 saturated heterocycles. The lowest BCUT2D eigenvalue weighted by Gasteiger charge is -2.37. The first-order valence-electron chi connectivity index (χ1n) is 7.42. The average Bonchev–Trinajstić information content (AvgIpc) is 2.93. The number of fused-ring (bicyclic) bond motifs is 3. The summed E-state index contributed by atoms with van der Waals surface area (Å²) >= 11 is 2.13. The number of hydrogen-bond acceptors (Lipinski definition) is 3. The molecule has 2 atom stereocenters. The minimum absolute atomic E-state index is 0.229. The molecule has 0 aliphatic carbocycles. The molecule has 2 aliphatic rings. The van der Waals surface area contributed by atoms with Crippen molar-refractivity contribution in [1.82, 2.24) is 9.38 Å². The second-order valence-electron chi connectivity index (χ2n) is 5.95. The smallest absolute Gasteiger partial charge is 0.167 e. The van der Waals surface area contributed by atoms with Crippen LogP contribution in [0.2, 0.25) is 0 Å². The molecule has 0 aromatic carbocycles. The predicted octanol–water partition coefficient (Wildman–Crippen LogP) is 3.58. The molecular formula is C16H18N2OS. The summed E-state index contributed by atoms with van der Waals surface area (Å²) in [7, 11) is 0. The first kappa shape index (κ1) is 12.5. The van der Waals surface area contributed by atoms with E-state index in [0.29, 0.717) is 16.3 Å². The van der Waals surface area contributed by atoms with Crippen molar-refractivity contribution in [2.24, 2.45) is 5.92 Å². The molecule has 20 heavy (non-hydrogen) atoms. The third-order valence-electron chi connectivity index (χ3n) is 4.58. The molecule has 0 radical (unpaired) electrons. The van der Waals surface area contributed by atoms with Gasteiger partial charge in [0.15, 0.2) is 5.78 Å². The van der Waals surface area contributed by atoms with E-state index in [0.717, 1.165) is 24.1 Å². The van der Waals surface area contributed by atoms with Gasteiger partial charge in [-0.15, -0.1) is 0 Å². The molecule has 0 saturated carbocycles. The van der Waals surface area contributed by atoms with Gasteiger partial charge < -0.3 is 4.40 Å². The molecule has 4 heteroatoms. The standard InChI is InChI=1S/C16H18N2OS/c19-16(11-4-5-15-17-6-7-18(15)10-11)12-8-13-2-1-3-14(9-12)20-13/h4-7,10,12-14H,1-3,8-9H2. The quantitative estimate of drug-likeness (QED) is 0.791. The first-order valence-corrected chi connectivity index (χ1v) is 8.36. The Bertz CT molecular complexity index is 639. The summed E-state index contributed by atoms with van der Waals surface area (Å²) in [4.78, 5) is 17.0. The zero-order valence-corrected chi connectivity index (χ0v) is 12.2. The van der Waals surface area contributed by atoms with Crippen molar-refractivity contribution in [3.05, 3.63) is 36.3 Å². The molecule has 4 heterocycles. The average molecular weight is 286 g/mol. The van der Waals surface area contributed by atoms with E-state index in [4.69, 9.17) is 0 Å². The Balaban J connectivity index is 1.59. The van der Waals surface area contributed by atoms with E-state index in [1.54, 1.807) is 6.20 Å². The normalized spacial score (nSPS) is 29.5. The molecule has 2 aromatic heterocycles. The van der Waals surface area contributed by atoms with E-state index in [9.17, 15) is 4.79 Å². The summed E-state index contributed by atoms with van der Waals surface area (Å²) in [6, 6.07) is 3.87. The number of aromatic nitrogens is 2. The van der Waals surface area contributed by atoms with Gasteiger partial charge in [0.05, 0.1) is 0 Å². The highest BCUT2D eigenvalue weighted by Crippen LogP contribution is 2.44. The van der Waals surface area contributed by atoms with Crippen LogP contribution in [0.25, 0.3) is 5.65 Å². The predicted molar refractivity (Wildman–Crippen MR) is 81.3 cm³/mol. The molecule has 2 unspecified atom stereocenters. The van der Waals surface area contributed by atoms with Crippen molar-refractivity contribution < 1.29 is 4.79 Å². The van der Waals surface area contributed by atoms with Crippen molar-refractivity contribution in [3.63, 3.8) is 0 Å². The number of Topliss-reactive ketones (excluding diaryl/α,β-unsaturated/α-hetero) is 1. The van der Waals surface area contributed by atoms with E-state index in [1.165, 1.54) is 19.3 Å². The monoisotopic (exact) mass is 286 g/mol.